The molecule has 0 bridgehead atoms. The van der Waals surface area contributed by atoms with Crippen molar-refractivity contribution in [2.75, 3.05) is 18.0 Å². The number of aliphatic hydroxyl groups excluding tert-OH is 1. The highest BCUT2D eigenvalue weighted by Gasteiger charge is 2.17. The van der Waals surface area contributed by atoms with Gasteiger partial charge >= 0.3 is 0 Å². The molecule has 0 aromatic heterocycles. The summed E-state index contributed by atoms with van der Waals surface area (Å²) in [7, 11) is 0. The Kier molecular flexibility index (Phi) is 4.82. The normalized spacial score (nSPS) is 11.9. The Bertz CT molecular complexity index is 475. The Hall–Kier alpha value is -2.15. The maximum Gasteiger partial charge on any atom is 0.236 e. The molecule has 1 unspecified atom stereocenters. The first-order valence-electron chi connectivity index (χ1n) is 5.60. The van der Waals surface area contributed by atoms with E-state index in [9.17, 15) is 19.1 Å². The van der Waals surface area contributed by atoms with Crippen LogP contribution in [0.25, 0.3) is 0 Å². The van der Waals surface area contributed by atoms with Gasteiger partial charge in [-0.25, -0.2) is 4.39 Å². The number of anilines is 1. The van der Waals surface area contributed by atoms with Crippen LogP contribution in [0.3, 0.4) is 0 Å². The van der Waals surface area contributed by atoms with E-state index < -0.39 is 23.7 Å². The molecule has 0 saturated heterocycles. The van der Waals surface area contributed by atoms with Crippen molar-refractivity contribution in [3.63, 3.8) is 0 Å². The van der Waals surface area contributed by atoms with Crippen LogP contribution >= 0.6 is 0 Å². The quantitative estimate of drug-likeness (QED) is 0.656. The van der Waals surface area contributed by atoms with Gasteiger partial charge in [0, 0.05) is 0 Å². The smallest absolute Gasteiger partial charge is 0.236 e. The molecule has 104 valence electrons. The van der Waals surface area contributed by atoms with E-state index in [1.807, 2.05) is 0 Å². The van der Waals surface area contributed by atoms with Crippen LogP contribution in [0.5, 0.6) is 0 Å². The first-order valence-corrected chi connectivity index (χ1v) is 5.60. The van der Waals surface area contributed by atoms with Gasteiger partial charge in [-0.15, -0.1) is 0 Å². The highest BCUT2D eigenvalue weighted by atomic mass is 19.1. The van der Waals surface area contributed by atoms with E-state index in [1.165, 1.54) is 19.1 Å². The van der Waals surface area contributed by atoms with Crippen LogP contribution in [0, 0.1) is 5.82 Å². The van der Waals surface area contributed by atoms with Crippen LogP contribution in [-0.2, 0) is 9.59 Å². The Balaban J connectivity index is 3.07. The minimum atomic E-state index is -0.815. The van der Waals surface area contributed by atoms with Gasteiger partial charge in [0.2, 0.25) is 11.8 Å². The minimum Gasteiger partial charge on any atom is -0.389 e. The van der Waals surface area contributed by atoms with Crippen LogP contribution < -0.4 is 16.4 Å². The summed E-state index contributed by atoms with van der Waals surface area (Å²) in [6.45, 7) is 0.848. The maximum atomic E-state index is 13.9. The molecule has 2 amide bonds. The number of aliphatic hydroxyl groups is 1. The molecule has 5 N–H and O–H groups in total. The molecule has 0 spiro atoms. The van der Waals surface area contributed by atoms with Crippen molar-refractivity contribution in [2.45, 2.75) is 13.0 Å². The molecule has 0 heterocycles. The molecule has 1 aromatic carbocycles. The SMILES string of the molecule is CC(O)c1ccc(N(CC(N)=O)CC(N)=O)c(F)c1. The molecule has 0 aliphatic carbocycles. The van der Waals surface area contributed by atoms with Gasteiger partial charge in [0.1, 0.15) is 5.82 Å². The predicted octanol–water partition coefficient (Wildman–Crippen LogP) is -0.344. The number of nitrogens with two attached hydrogens (primary N) is 2. The molecule has 1 atom stereocenters. The predicted molar refractivity (Wildman–Crippen MR) is 67.6 cm³/mol. The van der Waals surface area contributed by atoms with E-state index in [1.54, 1.807) is 0 Å². The molecule has 19 heavy (non-hydrogen) atoms. The van der Waals surface area contributed by atoms with Crippen molar-refractivity contribution in [3.05, 3.63) is 29.6 Å². The Morgan fingerprint density at radius 1 is 1.32 bits per heavy atom. The lowest BCUT2D eigenvalue weighted by molar-refractivity contribution is -0.117. The topological polar surface area (TPSA) is 110 Å². The van der Waals surface area contributed by atoms with E-state index in [0.717, 1.165) is 11.0 Å². The lowest BCUT2D eigenvalue weighted by Crippen LogP contribution is -2.40. The molecular weight excluding hydrogens is 253 g/mol. The zero-order chi connectivity index (χ0) is 14.6. The van der Waals surface area contributed by atoms with Crippen molar-refractivity contribution < 1.29 is 19.1 Å². The van der Waals surface area contributed by atoms with Crippen molar-refractivity contribution in [2.24, 2.45) is 11.5 Å². The molecule has 0 aliphatic heterocycles. The van der Waals surface area contributed by atoms with Gasteiger partial charge in [0.25, 0.3) is 0 Å². The number of carbonyl (C=O) groups excluding carboxylic acids is 2. The van der Waals surface area contributed by atoms with Gasteiger partial charge < -0.3 is 21.5 Å². The van der Waals surface area contributed by atoms with E-state index in [0.29, 0.717) is 5.56 Å². The van der Waals surface area contributed by atoms with Crippen molar-refractivity contribution >= 4 is 17.5 Å². The van der Waals surface area contributed by atoms with E-state index in [2.05, 4.69) is 0 Å². The summed E-state index contributed by atoms with van der Waals surface area (Å²) >= 11 is 0. The number of nitrogens with zero attached hydrogens (tertiary/aromatic N) is 1. The summed E-state index contributed by atoms with van der Waals surface area (Å²) in [4.78, 5) is 23.0. The number of amides is 2. The zero-order valence-corrected chi connectivity index (χ0v) is 10.5. The fourth-order valence-corrected chi connectivity index (χ4v) is 1.64. The Morgan fingerprint density at radius 3 is 2.21 bits per heavy atom. The summed E-state index contributed by atoms with van der Waals surface area (Å²) < 4.78 is 13.9. The molecule has 1 rings (SSSR count). The van der Waals surface area contributed by atoms with E-state index in [-0.39, 0.29) is 18.8 Å². The van der Waals surface area contributed by atoms with Crippen molar-refractivity contribution in [1.29, 1.82) is 0 Å². The summed E-state index contributed by atoms with van der Waals surface area (Å²) in [5.74, 6) is -2.08. The molecule has 1 aromatic rings. The molecule has 0 saturated carbocycles. The fraction of sp³-hybridized carbons (Fsp3) is 0.333. The number of carbonyl (C=O) groups is 2. The second-order valence-electron chi connectivity index (χ2n) is 4.18. The largest absolute Gasteiger partial charge is 0.389 e. The zero-order valence-electron chi connectivity index (χ0n) is 10.5. The summed E-state index contributed by atoms with van der Waals surface area (Å²) in [6, 6.07) is 4.00. The second kappa shape index (κ2) is 6.14. The van der Waals surface area contributed by atoms with Gasteiger partial charge in [0.05, 0.1) is 24.9 Å². The number of halogens is 1. The third-order valence-electron chi connectivity index (χ3n) is 2.49. The highest BCUT2D eigenvalue weighted by Crippen LogP contribution is 2.23. The first kappa shape index (κ1) is 14.9. The summed E-state index contributed by atoms with van der Waals surface area (Å²) in [5.41, 5.74) is 10.5. The number of primary amides is 2. The van der Waals surface area contributed by atoms with Crippen molar-refractivity contribution in [1.82, 2.24) is 0 Å². The van der Waals surface area contributed by atoms with Gasteiger partial charge in [0.15, 0.2) is 0 Å². The highest BCUT2D eigenvalue weighted by molar-refractivity contribution is 5.84. The van der Waals surface area contributed by atoms with E-state index in [4.69, 9.17) is 11.5 Å². The molecule has 7 heteroatoms. The van der Waals surface area contributed by atoms with Gasteiger partial charge in [-0.3, -0.25) is 9.59 Å². The third-order valence-corrected chi connectivity index (χ3v) is 2.49. The lowest BCUT2D eigenvalue weighted by atomic mass is 10.1. The molecular formula is C12H16FN3O3. The Labute approximate surface area is 109 Å². The molecule has 6 nitrogen and oxygen atoms in total. The molecule has 0 aliphatic rings. The van der Waals surface area contributed by atoms with Crippen LogP contribution in [0.2, 0.25) is 0 Å². The number of benzene rings is 1. The Morgan fingerprint density at radius 2 is 1.84 bits per heavy atom. The van der Waals surface area contributed by atoms with Crippen LogP contribution in [-0.4, -0.2) is 30.0 Å². The molecule has 0 radical (unpaired) electrons. The maximum absolute atomic E-state index is 13.9. The average Bonchev–Trinajstić information content (AvgIpc) is 2.26. The average molecular weight is 269 g/mol. The van der Waals surface area contributed by atoms with Crippen LogP contribution in [0.4, 0.5) is 10.1 Å². The van der Waals surface area contributed by atoms with Crippen molar-refractivity contribution in [3.8, 4) is 0 Å². The third kappa shape index (κ3) is 4.22. The number of rotatable bonds is 6. The summed E-state index contributed by atoms with van der Waals surface area (Å²) in [6.07, 6.45) is -0.815. The lowest BCUT2D eigenvalue weighted by Gasteiger charge is -2.22. The number of hydrogen-bond donors (Lipinski definition) is 3. The van der Waals surface area contributed by atoms with E-state index >= 15 is 0 Å². The number of hydrogen-bond acceptors (Lipinski definition) is 4. The minimum absolute atomic E-state index is 0.0296. The van der Waals surface area contributed by atoms with Crippen LogP contribution in [0.1, 0.15) is 18.6 Å². The van der Waals surface area contributed by atoms with Gasteiger partial charge in [-0.05, 0) is 24.6 Å². The monoisotopic (exact) mass is 269 g/mol. The van der Waals surface area contributed by atoms with Gasteiger partial charge in [-0.1, -0.05) is 6.07 Å². The van der Waals surface area contributed by atoms with Crippen LogP contribution in [0.15, 0.2) is 18.2 Å². The second-order valence-corrected chi connectivity index (χ2v) is 4.18. The fourth-order valence-electron chi connectivity index (χ4n) is 1.64. The first-order chi connectivity index (χ1) is 8.81. The molecule has 0 fully saturated rings. The van der Waals surface area contributed by atoms with Gasteiger partial charge in [-0.2, -0.15) is 0 Å². The summed E-state index contributed by atoms with van der Waals surface area (Å²) in [5, 5.41) is 9.34. The standard InChI is InChI=1S/C12H16FN3O3/c1-7(17)8-2-3-10(9(13)4-8)16(5-11(14)18)6-12(15)19/h2-4,7,17H,5-6H2,1H3,(H2,14,18)(H2,15,19).